The molecule has 1 aromatic rings. The summed E-state index contributed by atoms with van der Waals surface area (Å²) in [5.41, 5.74) is 1.84. The first kappa shape index (κ1) is 15.5. The van der Waals surface area contributed by atoms with Crippen LogP contribution in [0, 0.1) is 12.8 Å². The first-order chi connectivity index (χ1) is 10.0. The number of piperidine rings is 1. The van der Waals surface area contributed by atoms with Crippen LogP contribution in [0.2, 0.25) is 0 Å². The molecule has 1 aliphatic heterocycles. The van der Waals surface area contributed by atoms with Crippen molar-refractivity contribution in [3.63, 3.8) is 0 Å². The molecule has 6 nitrogen and oxygen atoms in total. The lowest BCUT2D eigenvalue weighted by atomic mass is 9.98. The maximum atomic E-state index is 11.8. The molecule has 1 heterocycles. The molecule has 1 aliphatic rings. The van der Waals surface area contributed by atoms with Crippen molar-refractivity contribution in [3.8, 4) is 0 Å². The molecular formula is C15H20N2O4. The summed E-state index contributed by atoms with van der Waals surface area (Å²) in [5.74, 6) is -1.53. The summed E-state index contributed by atoms with van der Waals surface area (Å²) in [6, 6.07) is 7.49. The molecule has 21 heavy (non-hydrogen) atoms. The lowest BCUT2D eigenvalue weighted by Gasteiger charge is -2.27. The largest absolute Gasteiger partial charge is 0.481 e. The summed E-state index contributed by atoms with van der Waals surface area (Å²) < 4.78 is 5.48. The van der Waals surface area contributed by atoms with E-state index in [2.05, 4.69) is 10.6 Å². The van der Waals surface area contributed by atoms with Crippen LogP contribution in [0.3, 0.4) is 0 Å². The van der Waals surface area contributed by atoms with E-state index in [9.17, 15) is 9.59 Å². The summed E-state index contributed by atoms with van der Waals surface area (Å²) >= 11 is 0. The molecular weight excluding hydrogens is 272 g/mol. The highest BCUT2D eigenvalue weighted by molar-refractivity contribution is 5.91. The average molecular weight is 292 g/mol. The fourth-order valence-electron chi connectivity index (χ4n) is 2.25. The predicted molar refractivity (Wildman–Crippen MR) is 78.2 cm³/mol. The van der Waals surface area contributed by atoms with Gasteiger partial charge in [-0.15, -0.1) is 0 Å². The molecule has 2 atom stereocenters. The number of carboxylic acids is 1. The Hall–Kier alpha value is -1.92. The van der Waals surface area contributed by atoms with Crippen molar-refractivity contribution in [1.82, 2.24) is 5.32 Å². The zero-order valence-corrected chi connectivity index (χ0v) is 12.0. The molecule has 2 unspecified atom stereocenters. The normalized spacial score (nSPS) is 21.8. The molecule has 0 bridgehead atoms. The van der Waals surface area contributed by atoms with Crippen molar-refractivity contribution in [2.24, 2.45) is 5.92 Å². The van der Waals surface area contributed by atoms with Crippen LogP contribution in [0.4, 0.5) is 5.69 Å². The number of nitrogens with one attached hydrogen (secondary N) is 2. The summed E-state index contributed by atoms with van der Waals surface area (Å²) in [7, 11) is 0. The van der Waals surface area contributed by atoms with E-state index in [-0.39, 0.29) is 18.6 Å². The first-order valence-electron chi connectivity index (χ1n) is 6.96. The Bertz CT molecular complexity index is 501. The van der Waals surface area contributed by atoms with Gasteiger partial charge in [0.1, 0.15) is 6.61 Å². The number of hydrogen-bond donors (Lipinski definition) is 3. The molecule has 6 heteroatoms. The lowest BCUT2D eigenvalue weighted by Crippen LogP contribution is -2.44. The van der Waals surface area contributed by atoms with Gasteiger partial charge in [-0.2, -0.15) is 0 Å². The van der Waals surface area contributed by atoms with E-state index >= 15 is 0 Å². The van der Waals surface area contributed by atoms with Crippen molar-refractivity contribution in [1.29, 1.82) is 0 Å². The highest BCUT2D eigenvalue weighted by Gasteiger charge is 2.27. The van der Waals surface area contributed by atoms with Gasteiger partial charge >= 0.3 is 5.97 Å². The third kappa shape index (κ3) is 4.84. The summed E-state index contributed by atoms with van der Waals surface area (Å²) in [6.45, 7) is 2.92. The molecule has 2 rings (SSSR count). The van der Waals surface area contributed by atoms with E-state index in [1.807, 2.05) is 31.2 Å². The fraction of sp³-hybridized carbons (Fsp3) is 0.467. The van der Waals surface area contributed by atoms with Gasteiger partial charge in [0.2, 0.25) is 5.91 Å². The Kier molecular flexibility index (Phi) is 5.30. The Balaban J connectivity index is 1.76. The van der Waals surface area contributed by atoms with Crippen molar-refractivity contribution in [3.05, 3.63) is 29.8 Å². The molecule has 0 saturated carbocycles. The van der Waals surface area contributed by atoms with Gasteiger partial charge in [0.15, 0.2) is 0 Å². The number of carbonyl (C=O) groups is 2. The predicted octanol–water partition coefficient (Wildman–Crippen LogP) is 1.01. The van der Waals surface area contributed by atoms with Crippen molar-refractivity contribution >= 4 is 17.6 Å². The van der Waals surface area contributed by atoms with Crippen LogP contribution in [-0.4, -0.2) is 42.8 Å². The molecule has 1 saturated heterocycles. The van der Waals surface area contributed by atoms with E-state index in [0.717, 1.165) is 11.3 Å². The molecule has 1 amide bonds. The van der Waals surface area contributed by atoms with Gasteiger partial charge in [0, 0.05) is 18.8 Å². The highest BCUT2D eigenvalue weighted by Crippen LogP contribution is 2.14. The van der Waals surface area contributed by atoms with Crippen LogP contribution in [-0.2, 0) is 14.3 Å². The monoisotopic (exact) mass is 292 g/mol. The fourth-order valence-corrected chi connectivity index (χ4v) is 2.25. The van der Waals surface area contributed by atoms with Gasteiger partial charge in [-0.25, -0.2) is 0 Å². The second-order valence-electron chi connectivity index (χ2n) is 5.28. The summed E-state index contributed by atoms with van der Waals surface area (Å²) in [5, 5.41) is 14.7. The number of aliphatic carboxylic acids is 1. The van der Waals surface area contributed by atoms with E-state index in [4.69, 9.17) is 9.84 Å². The smallest absolute Gasteiger partial charge is 0.307 e. The molecule has 0 aliphatic carbocycles. The number of carbonyl (C=O) groups excluding carboxylic acids is 1. The first-order valence-corrected chi connectivity index (χ1v) is 6.96. The molecule has 114 valence electrons. The van der Waals surface area contributed by atoms with Gasteiger partial charge in [-0.3, -0.25) is 9.59 Å². The van der Waals surface area contributed by atoms with Gasteiger partial charge in [0.25, 0.3) is 0 Å². The van der Waals surface area contributed by atoms with Crippen LogP contribution < -0.4 is 10.6 Å². The maximum absolute atomic E-state index is 11.8. The van der Waals surface area contributed by atoms with Gasteiger partial charge in [-0.05, 0) is 25.5 Å². The van der Waals surface area contributed by atoms with Gasteiger partial charge in [0.05, 0.1) is 12.0 Å². The number of aryl methyl sites for hydroxylation is 1. The van der Waals surface area contributed by atoms with Gasteiger partial charge < -0.3 is 20.5 Å². The summed E-state index contributed by atoms with van der Waals surface area (Å²) in [4.78, 5) is 22.7. The molecule has 0 spiro atoms. The quantitative estimate of drug-likeness (QED) is 0.754. The number of anilines is 1. The SMILES string of the molecule is Cc1ccc(NC(=O)COC2CNCC(C(=O)O)C2)cc1. The third-order valence-electron chi connectivity index (χ3n) is 3.44. The average Bonchev–Trinajstić information content (AvgIpc) is 2.48. The topological polar surface area (TPSA) is 87.7 Å². The van der Waals surface area contributed by atoms with Crippen LogP contribution >= 0.6 is 0 Å². The maximum Gasteiger partial charge on any atom is 0.307 e. The zero-order valence-electron chi connectivity index (χ0n) is 12.0. The second kappa shape index (κ2) is 7.19. The van der Waals surface area contributed by atoms with E-state index in [1.54, 1.807) is 0 Å². The number of ether oxygens (including phenoxy) is 1. The molecule has 0 aromatic heterocycles. The number of hydrogen-bond acceptors (Lipinski definition) is 4. The standard InChI is InChI=1S/C15H20N2O4/c1-10-2-4-12(5-3-10)17-14(18)9-21-13-6-11(15(19)20)7-16-8-13/h2-5,11,13,16H,6-9H2,1H3,(H,17,18)(H,19,20). The Morgan fingerprint density at radius 3 is 2.71 bits per heavy atom. The Labute approximate surface area is 123 Å². The minimum atomic E-state index is -0.833. The second-order valence-corrected chi connectivity index (χ2v) is 5.28. The van der Waals surface area contributed by atoms with Crippen LogP contribution in [0.1, 0.15) is 12.0 Å². The van der Waals surface area contributed by atoms with Crippen molar-refractivity contribution < 1.29 is 19.4 Å². The minimum absolute atomic E-state index is 0.0768. The molecule has 1 aromatic carbocycles. The molecule has 3 N–H and O–H groups in total. The number of carboxylic acid groups (broad SMARTS) is 1. The Morgan fingerprint density at radius 1 is 1.33 bits per heavy atom. The summed E-state index contributed by atoms with van der Waals surface area (Å²) in [6.07, 6.45) is 0.184. The van der Waals surface area contributed by atoms with Crippen LogP contribution in [0.25, 0.3) is 0 Å². The van der Waals surface area contributed by atoms with Gasteiger partial charge in [-0.1, -0.05) is 17.7 Å². The van der Waals surface area contributed by atoms with E-state index in [1.165, 1.54) is 0 Å². The third-order valence-corrected chi connectivity index (χ3v) is 3.44. The molecule has 0 radical (unpaired) electrons. The lowest BCUT2D eigenvalue weighted by molar-refractivity contribution is -0.144. The Morgan fingerprint density at radius 2 is 2.05 bits per heavy atom. The van der Waals surface area contributed by atoms with Crippen LogP contribution in [0.5, 0.6) is 0 Å². The number of rotatable bonds is 5. The number of benzene rings is 1. The van der Waals surface area contributed by atoms with Crippen LogP contribution in [0.15, 0.2) is 24.3 Å². The highest BCUT2D eigenvalue weighted by atomic mass is 16.5. The van der Waals surface area contributed by atoms with E-state index in [0.29, 0.717) is 19.5 Å². The van der Waals surface area contributed by atoms with Crippen molar-refractivity contribution in [2.45, 2.75) is 19.4 Å². The minimum Gasteiger partial charge on any atom is -0.481 e. The molecule has 1 fully saturated rings. The number of amides is 1. The van der Waals surface area contributed by atoms with Crippen molar-refractivity contribution in [2.75, 3.05) is 25.0 Å². The van der Waals surface area contributed by atoms with E-state index < -0.39 is 11.9 Å². The zero-order chi connectivity index (χ0) is 15.2.